The van der Waals surface area contributed by atoms with E-state index in [4.69, 9.17) is 0 Å². The van der Waals surface area contributed by atoms with Crippen molar-refractivity contribution in [2.45, 2.75) is 65.6 Å². The summed E-state index contributed by atoms with van der Waals surface area (Å²) in [5.41, 5.74) is 4.53. The topological polar surface area (TPSA) is 0 Å². The quantitative estimate of drug-likeness (QED) is 0.389. The molecule has 0 aromatic heterocycles. The SMILES string of the molecule is CCCC(CC)CC1=CC(c2ccccc2C)[N+](C)(C)C=C1[Si](C)C. The Balaban J connectivity index is 2.45. The zero-order valence-corrected chi connectivity index (χ0v) is 18.4. The second-order valence-corrected chi connectivity index (χ2v) is 11.0. The van der Waals surface area contributed by atoms with Crippen molar-refractivity contribution in [3.63, 3.8) is 0 Å². The molecule has 0 spiro atoms. The summed E-state index contributed by atoms with van der Waals surface area (Å²) in [7, 11) is 4.26. The Morgan fingerprint density at radius 2 is 1.80 bits per heavy atom. The van der Waals surface area contributed by atoms with Gasteiger partial charge in [0.15, 0.2) is 0 Å². The van der Waals surface area contributed by atoms with E-state index in [0.29, 0.717) is 6.04 Å². The van der Waals surface area contributed by atoms with Crippen molar-refractivity contribution in [1.82, 2.24) is 0 Å². The number of hydrogen-bond donors (Lipinski definition) is 0. The molecule has 0 aliphatic carbocycles. The summed E-state index contributed by atoms with van der Waals surface area (Å²) >= 11 is 0. The predicted molar refractivity (Wildman–Crippen MR) is 113 cm³/mol. The molecule has 1 aromatic rings. The lowest BCUT2D eigenvalue weighted by molar-refractivity contribution is -0.865. The normalized spacial score (nSPS) is 21.0. The maximum absolute atomic E-state index is 2.62. The van der Waals surface area contributed by atoms with Gasteiger partial charge in [0.1, 0.15) is 6.04 Å². The first-order valence-corrected chi connectivity index (χ1v) is 12.4. The van der Waals surface area contributed by atoms with Crippen LogP contribution in [0, 0.1) is 12.8 Å². The van der Waals surface area contributed by atoms with Crippen LogP contribution in [0.3, 0.4) is 0 Å². The zero-order valence-electron chi connectivity index (χ0n) is 17.4. The fraction of sp³-hybridized carbons (Fsp3) is 0.565. The first-order valence-electron chi connectivity index (χ1n) is 9.93. The average molecular weight is 356 g/mol. The highest BCUT2D eigenvalue weighted by molar-refractivity contribution is 6.65. The second kappa shape index (κ2) is 8.51. The molecule has 0 fully saturated rings. The van der Waals surface area contributed by atoms with E-state index in [2.05, 4.69) is 84.5 Å². The molecule has 2 heteroatoms. The van der Waals surface area contributed by atoms with Crippen LogP contribution < -0.4 is 0 Å². The summed E-state index contributed by atoms with van der Waals surface area (Å²) in [6, 6.07) is 9.35. The third-order valence-corrected chi connectivity index (χ3v) is 7.24. The smallest absolute Gasteiger partial charge is 0.138 e. The molecule has 1 aliphatic heterocycles. The molecule has 1 aliphatic rings. The summed E-state index contributed by atoms with van der Waals surface area (Å²) in [5, 5.41) is 1.66. The molecule has 1 radical (unpaired) electrons. The van der Waals surface area contributed by atoms with Gasteiger partial charge in [0.25, 0.3) is 0 Å². The number of nitrogens with zero attached hydrogens (tertiary/aromatic N) is 1. The lowest BCUT2D eigenvalue weighted by Gasteiger charge is -2.39. The summed E-state index contributed by atoms with van der Waals surface area (Å²) in [6.07, 6.45) is 10.4. The predicted octanol–water partition coefficient (Wildman–Crippen LogP) is 6.45. The van der Waals surface area contributed by atoms with Gasteiger partial charge in [-0.05, 0) is 41.7 Å². The molecule has 2 atom stereocenters. The van der Waals surface area contributed by atoms with Gasteiger partial charge < -0.3 is 0 Å². The van der Waals surface area contributed by atoms with E-state index in [0.717, 1.165) is 10.4 Å². The molecule has 0 saturated heterocycles. The molecule has 0 saturated carbocycles. The van der Waals surface area contributed by atoms with E-state index in [-0.39, 0.29) is 0 Å². The lowest BCUT2D eigenvalue weighted by atomic mass is 9.88. The van der Waals surface area contributed by atoms with Crippen LogP contribution in [-0.4, -0.2) is 27.4 Å². The molecule has 2 unspecified atom stereocenters. The number of hydrogen-bond acceptors (Lipinski definition) is 0. The molecule has 1 aromatic carbocycles. The van der Waals surface area contributed by atoms with Crippen molar-refractivity contribution >= 4 is 8.80 Å². The molecule has 2 rings (SSSR count). The number of rotatable bonds is 7. The van der Waals surface area contributed by atoms with E-state index in [1.807, 2.05) is 0 Å². The molecule has 0 bridgehead atoms. The minimum absolute atomic E-state index is 0.431. The molecule has 0 amide bonds. The van der Waals surface area contributed by atoms with Crippen molar-refractivity contribution < 1.29 is 4.48 Å². The Bertz CT molecular complexity index is 639. The molecular weight excluding hydrogens is 318 g/mol. The van der Waals surface area contributed by atoms with Crippen LogP contribution in [0.4, 0.5) is 0 Å². The Labute approximate surface area is 157 Å². The number of benzene rings is 1. The lowest BCUT2D eigenvalue weighted by Crippen LogP contribution is -2.41. The van der Waals surface area contributed by atoms with Gasteiger partial charge in [-0.3, -0.25) is 4.48 Å². The highest BCUT2D eigenvalue weighted by Gasteiger charge is 2.34. The zero-order chi connectivity index (χ0) is 18.6. The Kier molecular flexibility index (Phi) is 6.87. The first-order chi connectivity index (χ1) is 11.8. The van der Waals surface area contributed by atoms with Gasteiger partial charge in [-0.2, -0.15) is 0 Å². The summed E-state index contributed by atoms with van der Waals surface area (Å²) in [4.78, 5) is 0. The van der Waals surface area contributed by atoms with E-state index in [9.17, 15) is 0 Å². The molecule has 1 nitrogen and oxygen atoms in total. The number of aryl methyl sites for hydroxylation is 1. The van der Waals surface area contributed by atoms with Crippen LogP contribution in [0.25, 0.3) is 0 Å². The van der Waals surface area contributed by atoms with Gasteiger partial charge in [0.05, 0.1) is 29.1 Å². The first kappa shape index (κ1) is 20.2. The number of likely N-dealkylation sites (N-methyl/N-ethyl adjacent to an activating group) is 1. The molecular formula is C23H37NSi+. The van der Waals surface area contributed by atoms with Gasteiger partial charge >= 0.3 is 0 Å². The maximum Gasteiger partial charge on any atom is 0.138 e. The Morgan fingerprint density at radius 3 is 2.36 bits per heavy atom. The number of allylic oxidation sites excluding steroid dienone is 2. The van der Waals surface area contributed by atoms with Crippen molar-refractivity contribution in [2.24, 2.45) is 5.92 Å². The minimum Gasteiger partial charge on any atom is -0.293 e. The average Bonchev–Trinajstić information content (AvgIpc) is 2.55. The summed E-state index contributed by atoms with van der Waals surface area (Å²) in [6.45, 7) is 11.8. The van der Waals surface area contributed by atoms with Crippen LogP contribution in [-0.2, 0) is 0 Å². The highest BCUT2D eigenvalue weighted by Crippen LogP contribution is 2.39. The van der Waals surface area contributed by atoms with E-state index in [1.54, 1.807) is 10.8 Å². The largest absolute Gasteiger partial charge is 0.293 e. The van der Waals surface area contributed by atoms with Crippen molar-refractivity contribution in [3.05, 3.63) is 58.4 Å². The third-order valence-electron chi connectivity index (χ3n) is 5.71. The van der Waals surface area contributed by atoms with E-state index in [1.165, 1.54) is 36.8 Å². The molecule has 1 heterocycles. The standard InChI is InChI=1S/C23H37NSi/c1-8-12-19(9-2)15-20-16-22(21-14-11-10-13-18(21)3)24(4,5)17-23(20)25(6)7/h10-11,13-14,16-17,19,22H,8-9,12,15H2,1-7H3/q+1. The minimum atomic E-state index is -0.459. The van der Waals surface area contributed by atoms with Gasteiger partial charge in [-0.25, -0.2) is 0 Å². The van der Waals surface area contributed by atoms with Gasteiger partial charge in [0, 0.05) is 5.56 Å². The van der Waals surface area contributed by atoms with Crippen LogP contribution in [0.5, 0.6) is 0 Å². The second-order valence-electron chi connectivity index (χ2n) is 8.43. The molecule has 137 valence electrons. The maximum atomic E-state index is 2.62. The van der Waals surface area contributed by atoms with Gasteiger partial charge in [-0.1, -0.05) is 70.5 Å². The van der Waals surface area contributed by atoms with E-state index >= 15 is 0 Å². The summed E-state index contributed by atoms with van der Waals surface area (Å²) < 4.78 is 0.935. The van der Waals surface area contributed by atoms with Crippen LogP contribution in [0.2, 0.25) is 13.1 Å². The Hall–Kier alpha value is -1.12. The highest BCUT2D eigenvalue weighted by atomic mass is 28.3. The van der Waals surface area contributed by atoms with E-state index < -0.39 is 8.80 Å². The Morgan fingerprint density at radius 1 is 1.12 bits per heavy atom. The summed E-state index contributed by atoms with van der Waals surface area (Å²) in [5.74, 6) is 0.826. The fourth-order valence-corrected chi connectivity index (χ4v) is 5.55. The van der Waals surface area contributed by atoms with Gasteiger partial charge in [-0.15, -0.1) is 0 Å². The molecule has 0 N–H and O–H groups in total. The fourth-order valence-electron chi connectivity index (χ4n) is 4.13. The molecule has 25 heavy (non-hydrogen) atoms. The van der Waals surface area contributed by atoms with Crippen LogP contribution >= 0.6 is 0 Å². The van der Waals surface area contributed by atoms with Crippen molar-refractivity contribution in [1.29, 1.82) is 0 Å². The van der Waals surface area contributed by atoms with Crippen molar-refractivity contribution in [2.75, 3.05) is 14.1 Å². The third kappa shape index (κ3) is 4.74. The van der Waals surface area contributed by atoms with Crippen LogP contribution in [0.15, 0.2) is 47.3 Å². The van der Waals surface area contributed by atoms with Crippen molar-refractivity contribution in [3.8, 4) is 0 Å². The van der Waals surface area contributed by atoms with Gasteiger partial charge in [0.2, 0.25) is 0 Å². The van der Waals surface area contributed by atoms with Crippen LogP contribution in [0.1, 0.15) is 56.7 Å². The monoisotopic (exact) mass is 355 g/mol. The number of quaternary nitrogens is 1.